The largest absolute Gasteiger partial charge is 0.546 e. The topological polar surface area (TPSA) is 142 Å². The molecule has 0 saturated carbocycles. The van der Waals surface area contributed by atoms with Gasteiger partial charge in [-0.05, 0) is 36.4 Å². The van der Waals surface area contributed by atoms with E-state index in [2.05, 4.69) is 0 Å². The molecule has 1 aromatic rings. The molecule has 12 heteroatoms. The fourth-order valence-electron chi connectivity index (χ4n) is 4.96. The van der Waals surface area contributed by atoms with Crippen molar-refractivity contribution >= 4 is 29.6 Å². The molecule has 36 heavy (non-hydrogen) atoms. The quantitative estimate of drug-likeness (QED) is 0.362. The molecule has 1 saturated heterocycles. The molecule has 2 amide bonds. The third-order valence-electron chi connectivity index (χ3n) is 6.72. The average Bonchev–Trinajstić information content (AvgIpc) is 3.34. The molecule has 190 valence electrons. The lowest BCUT2D eigenvalue weighted by atomic mass is 9.86. The van der Waals surface area contributed by atoms with E-state index in [1.165, 1.54) is 35.8 Å². The van der Waals surface area contributed by atoms with Crippen molar-refractivity contribution < 1.29 is 39.1 Å². The van der Waals surface area contributed by atoms with Crippen molar-refractivity contribution in [1.82, 2.24) is 14.8 Å². The summed E-state index contributed by atoms with van der Waals surface area (Å²) in [4.78, 5) is 54.3. The van der Waals surface area contributed by atoms with Gasteiger partial charge in [0, 0.05) is 50.7 Å². The van der Waals surface area contributed by atoms with E-state index in [-0.39, 0.29) is 25.2 Å². The molecule has 2 atom stereocenters. The number of fused-ring (bicyclic) bond motifs is 1. The summed E-state index contributed by atoms with van der Waals surface area (Å²) in [7, 11) is 3.72. The summed E-state index contributed by atoms with van der Waals surface area (Å²) >= 11 is 0. The zero-order chi connectivity index (χ0) is 26.4. The maximum absolute atomic E-state index is 14.1. The lowest BCUT2D eigenvalue weighted by molar-refractivity contribution is -0.955. The minimum atomic E-state index is -1.67. The molecular formula is C24H28N5O7+. The van der Waals surface area contributed by atoms with Crippen LogP contribution in [0, 0.1) is 0 Å². The number of aliphatic carboxylic acids is 1. The van der Waals surface area contributed by atoms with E-state index in [1.807, 2.05) is 19.0 Å². The van der Waals surface area contributed by atoms with E-state index >= 15 is 0 Å². The van der Waals surface area contributed by atoms with Gasteiger partial charge in [0.25, 0.3) is 0 Å². The molecule has 0 aliphatic carbocycles. The Morgan fingerprint density at radius 1 is 1.03 bits per heavy atom. The maximum atomic E-state index is 14.1. The minimum Gasteiger partial charge on any atom is -0.481 e. The minimum absolute atomic E-state index is 0.100. The van der Waals surface area contributed by atoms with Gasteiger partial charge in [0.15, 0.2) is 11.7 Å². The van der Waals surface area contributed by atoms with Crippen molar-refractivity contribution in [3.05, 3.63) is 66.4 Å². The number of rotatable bonds is 8. The molecular weight excluding hydrogens is 470 g/mol. The number of carbonyl (C=O) groups excluding carboxylic acids is 1. The maximum Gasteiger partial charge on any atom is 0.546 e. The molecule has 0 radical (unpaired) electrons. The smallest absolute Gasteiger partial charge is 0.481 e. The van der Waals surface area contributed by atoms with Gasteiger partial charge in [-0.2, -0.15) is 14.7 Å². The van der Waals surface area contributed by atoms with Gasteiger partial charge in [-0.15, -0.1) is 0 Å². The molecule has 12 nitrogen and oxygen atoms in total. The average molecular weight is 499 g/mol. The van der Waals surface area contributed by atoms with E-state index in [4.69, 9.17) is 5.11 Å². The fraction of sp³-hybridized carbons (Fsp3) is 0.333. The molecule has 4 aliphatic heterocycles. The van der Waals surface area contributed by atoms with Crippen molar-refractivity contribution in [1.29, 1.82) is 0 Å². The van der Waals surface area contributed by atoms with Crippen molar-refractivity contribution in [2.24, 2.45) is 0 Å². The van der Waals surface area contributed by atoms with Crippen LogP contribution in [0.15, 0.2) is 60.8 Å². The molecule has 5 rings (SSSR count). The summed E-state index contributed by atoms with van der Waals surface area (Å²) in [5, 5.41) is 30.5. The monoisotopic (exact) mass is 498 g/mol. The van der Waals surface area contributed by atoms with E-state index < -0.39 is 40.2 Å². The Morgan fingerprint density at radius 3 is 2.11 bits per heavy atom. The van der Waals surface area contributed by atoms with Crippen LogP contribution in [-0.4, -0.2) is 91.0 Å². The summed E-state index contributed by atoms with van der Waals surface area (Å²) in [6.07, 6.45) is 3.80. The van der Waals surface area contributed by atoms with E-state index in [0.29, 0.717) is 5.56 Å². The zero-order valence-electron chi connectivity index (χ0n) is 20.1. The molecule has 0 aromatic heterocycles. The van der Waals surface area contributed by atoms with Crippen LogP contribution in [-0.2, 0) is 4.79 Å². The first kappa shape index (κ1) is 24.8. The van der Waals surface area contributed by atoms with Gasteiger partial charge in [-0.25, -0.2) is 4.79 Å². The normalized spacial score (nSPS) is 23.2. The number of hydrogen-bond acceptors (Lipinski definition) is 7. The summed E-state index contributed by atoms with van der Waals surface area (Å²) < 4.78 is -0.872. The second-order valence-corrected chi connectivity index (χ2v) is 8.97. The van der Waals surface area contributed by atoms with Gasteiger partial charge < -0.3 is 25.1 Å². The number of Topliss-reactive ketones (excluding diaryl/α,β-unsaturated/α-hetero) is 1. The molecule has 2 bridgehead atoms. The predicted molar refractivity (Wildman–Crippen MR) is 127 cm³/mol. The second kappa shape index (κ2) is 8.72. The first-order chi connectivity index (χ1) is 17.0. The number of nitrogens with zero attached hydrogens (tertiary/aromatic N) is 5. The number of carboxylic acid groups (broad SMARTS) is 3. The number of ketones is 1. The molecule has 4 heterocycles. The SMILES string of the molecule is CCC1N(C(=O)O)C2=C[N+]1(C(=O)O)N2C1(C(=O)c2ccc(N(C)C)cc2)C=CN(CCC(=O)O)C=C1. The number of carboxylic acids is 1. The lowest BCUT2D eigenvalue weighted by Gasteiger charge is -2.48. The van der Waals surface area contributed by atoms with Gasteiger partial charge >= 0.3 is 18.2 Å². The van der Waals surface area contributed by atoms with Crippen LogP contribution in [0.5, 0.6) is 0 Å². The predicted octanol–water partition coefficient (Wildman–Crippen LogP) is 2.75. The third kappa shape index (κ3) is 3.49. The van der Waals surface area contributed by atoms with Crippen LogP contribution in [0.4, 0.5) is 15.3 Å². The summed E-state index contributed by atoms with van der Waals surface area (Å²) in [5.41, 5.74) is -0.498. The van der Waals surface area contributed by atoms with Gasteiger partial charge in [-0.1, -0.05) is 11.5 Å². The molecule has 0 spiro atoms. The third-order valence-corrected chi connectivity index (χ3v) is 6.72. The summed E-state index contributed by atoms with van der Waals surface area (Å²) in [6.45, 7) is 1.83. The fourth-order valence-corrected chi connectivity index (χ4v) is 4.96. The van der Waals surface area contributed by atoms with Crippen molar-refractivity contribution in [3.63, 3.8) is 0 Å². The molecule has 1 fully saturated rings. The number of hydrogen-bond donors (Lipinski definition) is 3. The summed E-state index contributed by atoms with van der Waals surface area (Å²) in [5.74, 6) is -1.33. The van der Waals surface area contributed by atoms with Crippen molar-refractivity contribution in [3.8, 4) is 0 Å². The number of benzene rings is 1. The number of quaternary nitrogens is 1. The van der Waals surface area contributed by atoms with E-state index in [1.54, 1.807) is 36.1 Å². The van der Waals surface area contributed by atoms with Crippen LogP contribution >= 0.6 is 0 Å². The molecule has 2 unspecified atom stereocenters. The molecule has 3 N–H and O–H groups in total. The Hall–Kier alpha value is -4.32. The number of anilines is 1. The highest BCUT2D eigenvalue weighted by atomic mass is 16.4. The van der Waals surface area contributed by atoms with Crippen LogP contribution in [0.3, 0.4) is 0 Å². The van der Waals surface area contributed by atoms with E-state index in [9.17, 15) is 29.4 Å². The highest BCUT2D eigenvalue weighted by Crippen LogP contribution is 2.53. The zero-order valence-corrected chi connectivity index (χ0v) is 20.1. The van der Waals surface area contributed by atoms with E-state index in [0.717, 1.165) is 10.6 Å². The second-order valence-electron chi connectivity index (χ2n) is 8.97. The highest BCUT2D eigenvalue weighted by molar-refractivity contribution is 6.07. The summed E-state index contributed by atoms with van der Waals surface area (Å²) in [6, 6.07) is 6.81. The standard InChI is InChI=1S/C24H27N5O7/c1-4-19-27(22(33)34)18-15-29(19,23(35)36)28(18)24(10-13-26(14-11-24)12-9-20(30)31)21(32)16-5-7-17(8-6-16)25(2)3/h5-8,10-11,13-15,19H,4,9,12H2,1-3H3,(H2-,30,31,33,34,35,36)/p+1. The van der Waals surface area contributed by atoms with Gasteiger partial charge in [0.2, 0.25) is 17.8 Å². The van der Waals surface area contributed by atoms with Gasteiger partial charge in [0.1, 0.15) is 0 Å². The Kier molecular flexibility index (Phi) is 6.00. The highest BCUT2D eigenvalue weighted by Gasteiger charge is 2.75. The van der Waals surface area contributed by atoms with Crippen LogP contribution in [0.25, 0.3) is 0 Å². The number of carbonyl (C=O) groups is 4. The van der Waals surface area contributed by atoms with Crippen LogP contribution in [0.2, 0.25) is 0 Å². The Labute approximate surface area is 207 Å². The lowest BCUT2D eigenvalue weighted by Crippen LogP contribution is -2.72. The molecule has 4 aliphatic rings. The van der Waals surface area contributed by atoms with Gasteiger partial charge in [-0.3, -0.25) is 9.59 Å². The first-order valence-electron chi connectivity index (χ1n) is 11.4. The van der Waals surface area contributed by atoms with Crippen LogP contribution in [0.1, 0.15) is 30.1 Å². The number of amides is 2. The Bertz CT molecular complexity index is 1190. The Balaban J connectivity index is 1.82. The van der Waals surface area contributed by atoms with Crippen LogP contribution < -0.4 is 4.90 Å². The van der Waals surface area contributed by atoms with Gasteiger partial charge in [0.05, 0.1) is 6.42 Å². The first-order valence-corrected chi connectivity index (χ1v) is 11.4. The van der Waals surface area contributed by atoms with Crippen molar-refractivity contribution in [2.75, 3.05) is 25.5 Å². The molecule has 1 aromatic carbocycles. The Morgan fingerprint density at radius 2 is 1.64 bits per heavy atom. The van der Waals surface area contributed by atoms with Crippen molar-refractivity contribution in [2.45, 2.75) is 31.5 Å².